The molecule has 5 nitrogen and oxygen atoms in total. The van der Waals surface area contributed by atoms with E-state index in [9.17, 15) is 10.0 Å². The summed E-state index contributed by atoms with van der Waals surface area (Å²) >= 11 is 5.70. The predicted octanol–water partition coefficient (Wildman–Crippen LogP) is 0.927. The predicted molar refractivity (Wildman–Crippen MR) is 43.4 cm³/mol. The number of carbonyl (C=O) groups is 1. The van der Waals surface area contributed by atoms with E-state index in [-0.39, 0.29) is 26.5 Å². The van der Waals surface area contributed by atoms with Crippen molar-refractivity contribution in [2.24, 2.45) is 0 Å². The number of halogens is 1. The van der Waals surface area contributed by atoms with Gasteiger partial charge in [-0.25, -0.2) is 0 Å². The van der Waals surface area contributed by atoms with Gasteiger partial charge in [0.2, 0.25) is 5.52 Å². The number of aldehydes is 1. The molecule has 0 bridgehead atoms. The molecule has 0 saturated carbocycles. The van der Waals surface area contributed by atoms with Crippen LogP contribution in [0.2, 0.25) is 5.02 Å². The zero-order chi connectivity index (χ0) is 9.42. The van der Waals surface area contributed by atoms with Gasteiger partial charge in [-0.3, -0.25) is 9.42 Å². The van der Waals surface area contributed by atoms with Gasteiger partial charge >= 0.3 is 0 Å². The zero-order valence-electron chi connectivity index (χ0n) is 6.23. The highest BCUT2D eigenvalue weighted by atomic mass is 35.5. The lowest BCUT2D eigenvalue weighted by Gasteiger charge is -1.90. The molecule has 1 aromatic carbocycles. The van der Waals surface area contributed by atoms with Crippen molar-refractivity contribution in [1.29, 1.82) is 0 Å². The Morgan fingerprint density at radius 2 is 2.38 bits per heavy atom. The average Bonchev–Trinajstić information content (AvgIpc) is 2.50. The third-order valence-electron chi connectivity index (χ3n) is 1.65. The first-order chi connectivity index (χ1) is 6.24. The van der Waals surface area contributed by atoms with Crippen LogP contribution in [-0.2, 0) is 0 Å². The maximum atomic E-state index is 11.0. The molecule has 0 aliphatic carbocycles. The third kappa shape index (κ3) is 1.05. The number of nitrogens with zero attached hydrogens (tertiary/aromatic N) is 2. The molecule has 0 radical (unpaired) electrons. The van der Waals surface area contributed by atoms with Gasteiger partial charge in [0.1, 0.15) is 0 Å². The van der Waals surface area contributed by atoms with E-state index >= 15 is 0 Å². The number of hydrogen-bond donors (Lipinski definition) is 0. The molecule has 2 aromatic rings. The minimum atomic E-state index is 0.0752. The summed E-state index contributed by atoms with van der Waals surface area (Å²) in [4.78, 5) is 10.7. The van der Waals surface area contributed by atoms with Crippen molar-refractivity contribution in [2.45, 2.75) is 0 Å². The van der Waals surface area contributed by atoms with E-state index < -0.39 is 0 Å². The number of aromatic nitrogens is 2. The molecule has 6 heteroatoms. The molecule has 1 aromatic heterocycles. The largest absolute Gasteiger partial charge is 0.359 e. The highest BCUT2D eigenvalue weighted by Gasteiger charge is 2.17. The zero-order valence-corrected chi connectivity index (χ0v) is 6.99. The molecule has 1 heterocycles. The second-order valence-corrected chi connectivity index (χ2v) is 2.79. The molecule has 0 spiro atoms. The molecular formula is C7H3ClN2O3. The van der Waals surface area contributed by atoms with Crippen LogP contribution in [-0.4, -0.2) is 11.4 Å². The van der Waals surface area contributed by atoms with Crippen molar-refractivity contribution >= 4 is 28.9 Å². The van der Waals surface area contributed by atoms with Gasteiger partial charge in [-0.05, 0) is 17.0 Å². The van der Waals surface area contributed by atoms with Gasteiger partial charge in [0, 0.05) is 5.16 Å². The van der Waals surface area contributed by atoms with Crippen molar-refractivity contribution in [1.82, 2.24) is 5.16 Å². The second-order valence-electron chi connectivity index (χ2n) is 2.38. The molecule has 0 amide bonds. The third-order valence-corrected chi connectivity index (χ3v) is 1.95. The fraction of sp³-hybridized carbons (Fsp3) is 0. The monoisotopic (exact) mass is 198 g/mol. The van der Waals surface area contributed by atoms with E-state index in [1.807, 2.05) is 0 Å². The van der Waals surface area contributed by atoms with Gasteiger partial charge in [0.15, 0.2) is 6.29 Å². The lowest BCUT2D eigenvalue weighted by molar-refractivity contribution is -0.782. The van der Waals surface area contributed by atoms with Crippen LogP contribution in [0.3, 0.4) is 0 Å². The van der Waals surface area contributed by atoms with Crippen molar-refractivity contribution < 1.29 is 14.3 Å². The van der Waals surface area contributed by atoms with E-state index in [0.29, 0.717) is 6.29 Å². The van der Waals surface area contributed by atoms with Crippen LogP contribution >= 0.6 is 11.6 Å². The van der Waals surface area contributed by atoms with Crippen LogP contribution in [0, 0.1) is 5.21 Å². The highest BCUT2D eigenvalue weighted by Crippen LogP contribution is 2.20. The normalized spacial score (nSPS) is 10.5. The first kappa shape index (κ1) is 8.00. The van der Waals surface area contributed by atoms with Crippen LogP contribution in [0.25, 0.3) is 11.0 Å². The summed E-state index contributed by atoms with van der Waals surface area (Å²) < 4.78 is 4.31. The van der Waals surface area contributed by atoms with Gasteiger partial charge in [-0.2, -0.15) is 0 Å². The Bertz CT molecular complexity index is 480. The molecule has 0 saturated heterocycles. The fourth-order valence-electron chi connectivity index (χ4n) is 1.05. The van der Waals surface area contributed by atoms with Crippen LogP contribution in [0.5, 0.6) is 0 Å². The van der Waals surface area contributed by atoms with Crippen LogP contribution in [0.1, 0.15) is 10.4 Å². The fourth-order valence-corrected chi connectivity index (χ4v) is 1.28. The molecule has 13 heavy (non-hydrogen) atoms. The quantitative estimate of drug-likeness (QED) is 0.505. The Kier molecular flexibility index (Phi) is 1.66. The molecular weight excluding hydrogens is 196 g/mol. The molecule has 0 aliphatic rings. The summed E-state index contributed by atoms with van der Waals surface area (Å²) in [6.07, 6.45) is 0.585. The number of rotatable bonds is 1. The van der Waals surface area contributed by atoms with Crippen LogP contribution in [0.15, 0.2) is 16.8 Å². The van der Waals surface area contributed by atoms with Gasteiger partial charge in [0.25, 0.3) is 5.52 Å². The van der Waals surface area contributed by atoms with E-state index in [0.717, 1.165) is 0 Å². The Labute approximate surface area is 77.0 Å². The minimum absolute atomic E-state index is 0.0752. The first-order valence-corrected chi connectivity index (χ1v) is 3.75. The summed E-state index contributed by atoms with van der Waals surface area (Å²) in [5.41, 5.74) is 0.529. The molecule has 2 rings (SSSR count). The molecule has 0 unspecified atom stereocenters. The van der Waals surface area contributed by atoms with E-state index in [1.54, 1.807) is 0 Å². The number of benzene rings is 1. The molecule has 0 fully saturated rings. The van der Waals surface area contributed by atoms with E-state index in [2.05, 4.69) is 9.79 Å². The minimum Gasteiger partial charge on any atom is -0.359 e. The summed E-state index contributed by atoms with van der Waals surface area (Å²) in [5.74, 6) is 0. The maximum Gasteiger partial charge on any atom is 0.260 e. The first-order valence-electron chi connectivity index (χ1n) is 3.37. The van der Waals surface area contributed by atoms with Crippen molar-refractivity contribution in [2.75, 3.05) is 0 Å². The second kappa shape index (κ2) is 2.70. The Balaban J connectivity index is 2.95. The van der Waals surface area contributed by atoms with Crippen LogP contribution in [0.4, 0.5) is 0 Å². The highest BCUT2D eigenvalue weighted by molar-refractivity contribution is 6.34. The number of fused-ring (bicyclic) bond motifs is 1. The number of carbonyl (C=O) groups excluding carboxylic acids is 1. The summed E-state index contributed by atoms with van der Waals surface area (Å²) in [5, 5.41) is 14.6. The van der Waals surface area contributed by atoms with Gasteiger partial charge in [-0.15, -0.1) is 0 Å². The maximum absolute atomic E-state index is 11.0. The van der Waals surface area contributed by atoms with Crippen molar-refractivity contribution in [3.8, 4) is 0 Å². The van der Waals surface area contributed by atoms with Crippen LogP contribution < -0.4 is 4.90 Å². The number of hydrogen-bond acceptors (Lipinski definition) is 4. The average molecular weight is 199 g/mol. The SMILES string of the molecule is O=Cc1ccc(Cl)c2c1no[n+]2[O-]. The van der Waals surface area contributed by atoms with E-state index in [4.69, 9.17) is 11.6 Å². The molecule has 0 N–H and O–H groups in total. The molecule has 0 aliphatic heterocycles. The Morgan fingerprint density at radius 1 is 1.62 bits per heavy atom. The Morgan fingerprint density at radius 3 is 3.08 bits per heavy atom. The summed E-state index contributed by atoms with van der Waals surface area (Å²) in [6, 6.07) is 2.92. The smallest absolute Gasteiger partial charge is 0.260 e. The molecule has 0 atom stereocenters. The van der Waals surface area contributed by atoms with Gasteiger partial charge in [-0.1, -0.05) is 11.6 Å². The lowest BCUT2D eigenvalue weighted by Crippen LogP contribution is -2.22. The topological polar surface area (TPSA) is 70.0 Å². The standard InChI is InChI=1S/C7H3ClN2O3/c8-5-2-1-4(3-11)6-7(5)10(12)13-9-6/h1-3H. The lowest BCUT2D eigenvalue weighted by atomic mass is 10.2. The van der Waals surface area contributed by atoms with Crippen molar-refractivity contribution in [3.63, 3.8) is 0 Å². The molecule has 66 valence electrons. The van der Waals surface area contributed by atoms with Gasteiger partial charge < -0.3 is 5.21 Å². The summed E-state index contributed by atoms with van der Waals surface area (Å²) in [7, 11) is 0. The van der Waals surface area contributed by atoms with Crippen molar-refractivity contribution in [3.05, 3.63) is 27.9 Å². The van der Waals surface area contributed by atoms with Gasteiger partial charge in [0.05, 0.1) is 10.6 Å². The van der Waals surface area contributed by atoms with E-state index in [1.165, 1.54) is 12.1 Å². The summed E-state index contributed by atoms with van der Waals surface area (Å²) in [6.45, 7) is 0. The Hall–Kier alpha value is -1.62.